The second-order valence-corrected chi connectivity index (χ2v) is 4.78. The predicted molar refractivity (Wildman–Crippen MR) is 67.0 cm³/mol. The van der Waals surface area contributed by atoms with Gasteiger partial charge in [0, 0.05) is 19.5 Å². The standard InChI is InChI=1S/C14H17NO3/c1-10(14(17)18)8-13(16)15-7-6-11-4-2-3-5-12(11)9-15/h2-5,10H,6-9H2,1H3,(H,17,18). The number of nitrogens with zero attached hydrogens (tertiary/aromatic N) is 1. The van der Waals surface area contributed by atoms with Gasteiger partial charge in [0.15, 0.2) is 0 Å². The second-order valence-electron chi connectivity index (χ2n) is 4.78. The molecule has 1 N–H and O–H groups in total. The van der Waals surface area contributed by atoms with Gasteiger partial charge in [0.25, 0.3) is 0 Å². The van der Waals surface area contributed by atoms with Crippen molar-refractivity contribution in [2.45, 2.75) is 26.3 Å². The van der Waals surface area contributed by atoms with Crippen molar-refractivity contribution in [1.82, 2.24) is 4.90 Å². The zero-order valence-electron chi connectivity index (χ0n) is 10.4. The van der Waals surface area contributed by atoms with Crippen LogP contribution in [0.1, 0.15) is 24.5 Å². The van der Waals surface area contributed by atoms with Gasteiger partial charge in [-0.05, 0) is 17.5 Å². The highest BCUT2D eigenvalue weighted by Crippen LogP contribution is 2.19. The number of carbonyl (C=O) groups excluding carboxylic acids is 1. The fourth-order valence-electron chi connectivity index (χ4n) is 2.19. The van der Waals surface area contributed by atoms with Crippen LogP contribution in [0.15, 0.2) is 24.3 Å². The minimum absolute atomic E-state index is 0.0700. The van der Waals surface area contributed by atoms with Crippen LogP contribution >= 0.6 is 0 Å². The van der Waals surface area contributed by atoms with Crippen LogP contribution < -0.4 is 0 Å². The average Bonchev–Trinajstić information content (AvgIpc) is 2.37. The molecular formula is C14H17NO3. The number of benzene rings is 1. The number of amides is 1. The molecule has 0 saturated carbocycles. The van der Waals surface area contributed by atoms with Crippen LogP contribution in [0.2, 0.25) is 0 Å². The maximum Gasteiger partial charge on any atom is 0.306 e. The van der Waals surface area contributed by atoms with Crippen molar-refractivity contribution in [3.05, 3.63) is 35.4 Å². The Balaban J connectivity index is 2.00. The Morgan fingerprint density at radius 1 is 1.33 bits per heavy atom. The molecule has 1 aromatic rings. The molecule has 0 spiro atoms. The smallest absolute Gasteiger partial charge is 0.306 e. The van der Waals surface area contributed by atoms with Gasteiger partial charge < -0.3 is 10.0 Å². The monoisotopic (exact) mass is 247 g/mol. The summed E-state index contributed by atoms with van der Waals surface area (Å²) in [5, 5.41) is 8.82. The molecule has 1 atom stereocenters. The molecule has 0 aliphatic carbocycles. The van der Waals surface area contributed by atoms with Gasteiger partial charge in [0.05, 0.1) is 5.92 Å². The van der Waals surface area contributed by atoms with E-state index in [9.17, 15) is 9.59 Å². The Kier molecular flexibility index (Phi) is 3.65. The molecule has 18 heavy (non-hydrogen) atoms. The average molecular weight is 247 g/mol. The molecule has 1 unspecified atom stereocenters. The SMILES string of the molecule is CC(CC(=O)N1CCc2ccccc2C1)C(=O)O. The van der Waals surface area contributed by atoms with Crippen molar-refractivity contribution in [2.24, 2.45) is 5.92 Å². The maximum absolute atomic E-state index is 12.0. The van der Waals surface area contributed by atoms with Crippen molar-refractivity contribution in [3.63, 3.8) is 0 Å². The van der Waals surface area contributed by atoms with E-state index < -0.39 is 11.9 Å². The number of hydrogen-bond donors (Lipinski definition) is 1. The third-order valence-corrected chi connectivity index (χ3v) is 3.39. The third kappa shape index (κ3) is 2.70. The van der Waals surface area contributed by atoms with Gasteiger partial charge in [-0.3, -0.25) is 9.59 Å². The van der Waals surface area contributed by atoms with Gasteiger partial charge in [-0.15, -0.1) is 0 Å². The number of carbonyl (C=O) groups is 2. The van der Waals surface area contributed by atoms with Gasteiger partial charge in [-0.25, -0.2) is 0 Å². The normalized spacial score (nSPS) is 15.9. The number of hydrogen-bond acceptors (Lipinski definition) is 2. The number of carboxylic acids is 1. The van der Waals surface area contributed by atoms with E-state index in [4.69, 9.17) is 5.11 Å². The summed E-state index contributed by atoms with van der Waals surface area (Å²) < 4.78 is 0. The van der Waals surface area contributed by atoms with Crippen LogP contribution in [0, 0.1) is 5.92 Å². The fraction of sp³-hybridized carbons (Fsp3) is 0.429. The Hall–Kier alpha value is -1.84. The molecule has 0 fully saturated rings. The van der Waals surface area contributed by atoms with Crippen molar-refractivity contribution in [2.75, 3.05) is 6.54 Å². The van der Waals surface area contributed by atoms with Gasteiger partial charge in [-0.2, -0.15) is 0 Å². The Morgan fingerprint density at radius 2 is 2.00 bits per heavy atom. The van der Waals surface area contributed by atoms with E-state index in [0.717, 1.165) is 6.42 Å². The minimum Gasteiger partial charge on any atom is -0.481 e. The largest absolute Gasteiger partial charge is 0.481 e. The first-order valence-corrected chi connectivity index (χ1v) is 6.15. The summed E-state index contributed by atoms with van der Waals surface area (Å²) in [5.41, 5.74) is 2.45. The van der Waals surface area contributed by atoms with Crippen LogP contribution in [0.25, 0.3) is 0 Å². The third-order valence-electron chi connectivity index (χ3n) is 3.39. The summed E-state index contributed by atoms with van der Waals surface area (Å²) in [5.74, 6) is -1.60. The Bertz CT molecular complexity index is 470. The van der Waals surface area contributed by atoms with E-state index in [1.54, 1.807) is 11.8 Å². The number of rotatable bonds is 3. The van der Waals surface area contributed by atoms with Crippen LogP contribution in [0.3, 0.4) is 0 Å². The van der Waals surface area contributed by atoms with Crippen molar-refractivity contribution >= 4 is 11.9 Å². The number of carboxylic acid groups (broad SMARTS) is 1. The van der Waals surface area contributed by atoms with Gasteiger partial charge >= 0.3 is 5.97 Å². The molecule has 96 valence electrons. The molecule has 1 amide bonds. The van der Waals surface area contributed by atoms with Crippen molar-refractivity contribution < 1.29 is 14.7 Å². The van der Waals surface area contributed by atoms with Gasteiger partial charge in [0.2, 0.25) is 5.91 Å². The second kappa shape index (κ2) is 5.21. The highest BCUT2D eigenvalue weighted by molar-refractivity contribution is 5.82. The van der Waals surface area contributed by atoms with Crippen LogP contribution in [0.4, 0.5) is 0 Å². The van der Waals surface area contributed by atoms with E-state index >= 15 is 0 Å². The summed E-state index contributed by atoms with van der Waals surface area (Å²) in [7, 11) is 0. The van der Waals surface area contributed by atoms with Crippen molar-refractivity contribution in [1.29, 1.82) is 0 Å². The molecule has 2 rings (SSSR count). The summed E-state index contributed by atoms with van der Waals surface area (Å²) in [6.07, 6.45) is 0.931. The van der Waals surface area contributed by atoms with Crippen LogP contribution in [-0.2, 0) is 22.6 Å². The lowest BCUT2D eigenvalue weighted by molar-refractivity contribution is -0.145. The van der Waals surface area contributed by atoms with E-state index in [0.29, 0.717) is 13.1 Å². The molecule has 4 heteroatoms. The molecule has 4 nitrogen and oxygen atoms in total. The maximum atomic E-state index is 12.0. The summed E-state index contributed by atoms with van der Waals surface area (Å²) in [6.45, 7) is 2.85. The first kappa shape index (κ1) is 12.6. The summed E-state index contributed by atoms with van der Waals surface area (Å²) in [4.78, 5) is 24.5. The first-order valence-electron chi connectivity index (χ1n) is 6.15. The van der Waals surface area contributed by atoms with E-state index in [1.807, 2.05) is 18.2 Å². The quantitative estimate of drug-likeness (QED) is 0.884. The van der Waals surface area contributed by atoms with E-state index in [1.165, 1.54) is 11.1 Å². The highest BCUT2D eigenvalue weighted by Gasteiger charge is 2.23. The molecule has 0 saturated heterocycles. The molecule has 1 heterocycles. The lowest BCUT2D eigenvalue weighted by Crippen LogP contribution is -2.37. The predicted octanol–water partition coefficient (Wildman–Crippen LogP) is 1.68. The molecule has 0 bridgehead atoms. The van der Waals surface area contributed by atoms with Crippen molar-refractivity contribution in [3.8, 4) is 0 Å². The topological polar surface area (TPSA) is 57.6 Å². The van der Waals surface area contributed by atoms with Gasteiger partial charge in [0.1, 0.15) is 0 Å². The van der Waals surface area contributed by atoms with Crippen LogP contribution in [0.5, 0.6) is 0 Å². The molecule has 1 aromatic carbocycles. The molecule has 1 aliphatic rings. The Morgan fingerprint density at radius 3 is 2.67 bits per heavy atom. The molecule has 1 aliphatic heterocycles. The summed E-state index contributed by atoms with van der Waals surface area (Å²) in [6, 6.07) is 8.07. The van der Waals surface area contributed by atoms with E-state index in [2.05, 4.69) is 6.07 Å². The first-order chi connectivity index (χ1) is 8.58. The lowest BCUT2D eigenvalue weighted by atomic mass is 9.99. The summed E-state index contributed by atoms with van der Waals surface area (Å²) >= 11 is 0. The highest BCUT2D eigenvalue weighted by atomic mass is 16.4. The zero-order chi connectivity index (χ0) is 13.1. The fourth-order valence-corrected chi connectivity index (χ4v) is 2.19. The van der Waals surface area contributed by atoms with E-state index in [-0.39, 0.29) is 12.3 Å². The lowest BCUT2D eigenvalue weighted by Gasteiger charge is -2.29. The Labute approximate surface area is 106 Å². The van der Waals surface area contributed by atoms with Gasteiger partial charge in [-0.1, -0.05) is 31.2 Å². The number of fused-ring (bicyclic) bond motifs is 1. The molecular weight excluding hydrogens is 230 g/mol. The molecule has 0 radical (unpaired) electrons. The zero-order valence-corrected chi connectivity index (χ0v) is 10.4. The molecule has 0 aromatic heterocycles. The number of aliphatic carboxylic acids is 1. The minimum atomic E-state index is -0.916. The van der Waals surface area contributed by atoms with Crippen LogP contribution in [-0.4, -0.2) is 28.4 Å².